The molecule has 0 spiro atoms. The zero-order valence-electron chi connectivity index (χ0n) is 8.69. The molecule has 2 N–H and O–H groups in total. The van der Waals surface area contributed by atoms with E-state index in [-0.39, 0.29) is 5.69 Å². The van der Waals surface area contributed by atoms with E-state index in [2.05, 4.69) is 5.10 Å². The zero-order valence-corrected chi connectivity index (χ0v) is 9.50. The van der Waals surface area contributed by atoms with Crippen LogP contribution in [0.15, 0.2) is 6.07 Å². The summed E-state index contributed by atoms with van der Waals surface area (Å²) in [5.41, 5.74) is 6.50. The van der Waals surface area contributed by atoms with Crippen LogP contribution in [0.3, 0.4) is 0 Å². The van der Waals surface area contributed by atoms with Gasteiger partial charge in [0.15, 0.2) is 5.69 Å². The Morgan fingerprint density at radius 1 is 1.73 bits per heavy atom. The van der Waals surface area contributed by atoms with Crippen LogP contribution in [-0.4, -0.2) is 27.3 Å². The molecule has 1 heterocycles. The van der Waals surface area contributed by atoms with Crippen LogP contribution in [0.2, 0.25) is 0 Å². The number of carbonyl (C=O) groups excluding carboxylic acids is 1. The van der Waals surface area contributed by atoms with Gasteiger partial charge in [-0.2, -0.15) is 5.10 Å². The number of rotatable bonds is 4. The third kappa shape index (κ3) is 3.02. The topological polar surface area (TPSA) is 70.1 Å². The monoisotopic (exact) mass is 227 g/mol. The molecule has 0 aliphatic heterocycles. The standard InChI is InChI=1S/C9H13N3O2S/c1-3-14-9(13)7-4-6(2)12(11-7)5-8(10)15/h4H,3,5H2,1-2H3,(H2,10,15). The quantitative estimate of drug-likeness (QED) is 0.604. The van der Waals surface area contributed by atoms with E-state index < -0.39 is 5.97 Å². The van der Waals surface area contributed by atoms with Crippen molar-refractivity contribution >= 4 is 23.2 Å². The lowest BCUT2D eigenvalue weighted by Crippen LogP contribution is -2.18. The molecule has 0 radical (unpaired) electrons. The van der Waals surface area contributed by atoms with E-state index in [1.165, 1.54) is 0 Å². The first-order chi connectivity index (χ1) is 7.04. The summed E-state index contributed by atoms with van der Waals surface area (Å²) >= 11 is 4.76. The van der Waals surface area contributed by atoms with Crippen molar-refractivity contribution in [2.24, 2.45) is 5.73 Å². The van der Waals surface area contributed by atoms with Crippen molar-refractivity contribution in [1.29, 1.82) is 0 Å². The third-order valence-electron chi connectivity index (χ3n) is 1.77. The first-order valence-corrected chi connectivity index (χ1v) is 4.95. The predicted octanol–water partition coefficient (Wildman–Crippen LogP) is 0.654. The van der Waals surface area contributed by atoms with Gasteiger partial charge in [-0.25, -0.2) is 4.79 Å². The highest BCUT2D eigenvalue weighted by Crippen LogP contribution is 2.04. The maximum Gasteiger partial charge on any atom is 0.358 e. The number of nitrogens with two attached hydrogens (primary N) is 1. The van der Waals surface area contributed by atoms with Crippen molar-refractivity contribution in [1.82, 2.24) is 9.78 Å². The van der Waals surface area contributed by atoms with Gasteiger partial charge in [-0.1, -0.05) is 12.2 Å². The molecule has 0 aliphatic carbocycles. The summed E-state index contributed by atoms with van der Waals surface area (Å²) in [6, 6.07) is 1.65. The first-order valence-electron chi connectivity index (χ1n) is 4.54. The zero-order chi connectivity index (χ0) is 11.4. The Morgan fingerprint density at radius 3 is 2.93 bits per heavy atom. The molecule has 1 rings (SSSR count). The van der Waals surface area contributed by atoms with Crippen molar-refractivity contribution < 1.29 is 9.53 Å². The summed E-state index contributed by atoms with van der Waals surface area (Å²) in [6.07, 6.45) is 0. The number of nitrogens with zero attached hydrogens (tertiary/aromatic N) is 2. The highest BCUT2D eigenvalue weighted by atomic mass is 32.1. The molecule has 0 saturated heterocycles. The van der Waals surface area contributed by atoms with Gasteiger partial charge in [0.2, 0.25) is 0 Å². The van der Waals surface area contributed by atoms with E-state index in [0.717, 1.165) is 5.69 Å². The normalized spacial score (nSPS) is 10.0. The second-order valence-corrected chi connectivity index (χ2v) is 3.54. The second kappa shape index (κ2) is 4.88. The van der Waals surface area contributed by atoms with E-state index >= 15 is 0 Å². The Hall–Kier alpha value is -1.43. The van der Waals surface area contributed by atoms with Crippen LogP contribution in [-0.2, 0) is 11.3 Å². The number of ether oxygens (including phenoxy) is 1. The molecule has 0 unspecified atom stereocenters. The predicted molar refractivity (Wildman–Crippen MR) is 59.7 cm³/mol. The van der Waals surface area contributed by atoms with Crippen LogP contribution in [0.1, 0.15) is 23.1 Å². The molecule has 15 heavy (non-hydrogen) atoms. The van der Waals surface area contributed by atoms with E-state index in [0.29, 0.717) is 18.1 Å². The number of esters is 1. The molecule has 6 heteroatoms. The number of carbonyl (C=O) groups is 1. The van der Waals surface area contributed by atoms with E-state index in [4.69, 9.17) is 22.7 Å². The molecular formula is C9H13N3O2S. The third-order valence-corrected chi connectivity index (χ3v) is 1.90. The summed E-state index contributed by atoms with van der Waals surface area (Å²) in [5, 5.41) is 4.04. The van der Waals surface area contributed by atoms with Gasteiger partial charge in [-0.05, 0) is 19.9 Å². The highest BCUT2D eigenvalue weighted by Gasteiger charge is 2.13. The largest absolute Gasteiger partial charge is 0.461 e. The minimum Gasteiger partial charge on any atom is -0.461 e. The lowest BCUT2D eigenvalue weighted by Gasteiger charge is -2.01. The van der Waals surface area contributed by atoms with Gasteiger partial charge in [0, 0.05) is 5.69 Å². The van der Waals surface area contributed by atoms with Crippen LogP contribution in [0.5, 0.6) is 0 Å². The Bertz CT molecular complexity index is 387. The summed E-state index contributed by atoms with van der Waals surface area (Å²) in [5.74, 6) is -0.428. The Balaban J connectivity index is 2.85. The Labute approximate surface area is 93.2 Å². The number of hydrogen-bond acceptors (Lipinski definition) is 4. The van der Waals surface area contributed by atoms with Gasteiger partial charge in [0.1, 0.15) is 0 Å². The molecule has 0 saturated carbocycles. The average molecular weight is 227 g/mol. The molecule has 0 amide bonds. The molecule has 0 aliphatic rings. The van der Waals surface area contributed by atoms with Crippen LogP contribution >= 0.6 is 12.2 Å². The van der Waals surface area contributed by atoms with Crippen LogP contribution in [0, 0.1) is 6.92 Å². The van der Waals surface area contributed by atoms with E-state index in [1.807, 2.05) is 6.92 Å². The molecule has 82 valence electrons. The summed E-state index contributed by atoms with van der Waals surface area (Å²) in [6.45, 7) is 4.24. The van der Waals surface area contributed by atoms with Gasteiger partial charge in [0.05, 0.1) is 18.1 Å². The molecule has 0 fully saturated rings. The molecular weight excluding hydrogens is 214 g/mol. The van der Waals surface area contributed by atoms with Crippen molar-refractivity contribution in [3.63, 3.8) is 0 Å². The van der Waals surface area contributed by atoms with Crippen LogP contribution in [0.4, 0.5) is 0 Å². The summed E-state index contributed by atoms with van der Waals surface area (Å²) in [7, 11) is 0. The molecule has 1 aromatic rings. The minimum absolute atomic E-state index is 0.283. The van der Waals surface area contributed by atoms with Gasteiger partial charge < -0.3 is 10.5 Å². The fraction of sp³-hybridized carbons (Fsp3) is 0.444. The smallest absolute Gasteiger partial charge is 0.358 e. The maximum atomic E-state index is 11.3. The van der Waals surface area contributed by atoms with Crippen molar-refractivity contribution in [2.45, 2.75) is 20.4 Å². The summed E-state index contributed by atoms with van der Waals surface area (Å²) in [4.78, 5) is 11.7. The summed E-state index contributed by atoms with van der Waals surface area (Å²) < 4.78 is 6.40. The van der Waals surface area contributed by atoms with Crippen LogP contribution < -0.4 is 5.73 Å². The van der Waals surface area contributed by atoms with Crippen molar-refractivity contribution in [3.8, 4) is 0 Å². The number of thiocarbonyl (C=S) groups is 1. The Morgan fingerprint density at radius 2 is 2.40 bits per heavy atom. The molecule has 1 aromatic heterocycles. The first kappa shape index (κ1) is 11.6. The average Bonchev–Trinajstić information content (AvgIpc) is 2.47. The minimum atomic E-state index is -0.428. The SMILES string of the molecule is CCOC(=O)c1cc(C)n(CC(N)=S)n1. The number of aryl methyl sites for hydroxylation is 1. The highest BCUT2D eigenvalue weighted by molar-refractivity contribution is 7.80. The van der Waals surface area contributed by atoms with E-state index in [1.54, 1.807) is 17.7 Å². The number of hydrogen-bond donors (Lipinski definition) is 1. The molecule has 0 atom stereocenters. The molecule has 0 bridgehead atoms. The van der Waals surface area contributed by atoms with Crippen molar-refractivity contribution in [3.05, 3.63) is 17.5 Å². The van der Waals surface area contributed by atoms with Crippen molar-refractivity contribution in [2.75, 3.05) is 6.61 Å². The van der Waals surface area contributed by atoms with E-state index in [9.17, 15) is 4.79 Å². The fourth-order valence-corrected chi connectivity index (χ4v) is 1.24. The number of aromatic nitrogens is 2. The second-order valence-electron chi connectivity index (χ2n) is 3.02. The Kier molecular flexibility index (Phi) is 3.79. The van der Waals surface area contributed by atoms with Gasteiger partial charge in [-0.3, -0.25) is 4.68 Å². The maximum absolute atomic E-state index is 11.3. The van der Waals surface area contributed by atoms with Gasteiger partial charge >= 0.3 is 5.97 Å². The van der Waals surface area contributed by atoms with Crippen LogP contribution in [0.25, 0.3) is 0 Å². The van der Waals surface area contributed by atoms with Gasteiger partial charge in [0.25, 0.3) is 0 Å². The fourth-order valence-electron chi connectivity index (χ4n) is 1.12. The molecule has 0 aromatic carbocycles. The van der Waals surface area contributed by atoms with Gasteiger partial charge in [-0.15, -0.1) is 0 Å². The lowest BCUT2D eigenvalue weighted by atomic mass is 10.4. The lowest BCUT2D eigenvalue weighted by molar-refractivity contribution is 0.0518. The molecule has 5 nitrogen and oxygen atoms in total.